The van der Waals surface area contributed by atoms with Crippen LogP contribution in [0.1, 0.15) is 12.8 Å². The minimum absolute atomic E-state index is 0.0590. The van der Waals surface area contributed by atoms with Crippen molar-refractivity contribution in [3.05, 3.63) is 45.0 Å². The molecule has 0 unspecified atom stereocenters. The molecule has 0 saturated heterocycles. The number of anilines is 1. The quantitative estimate of drug-likeness (QED) is 0.495. The maximum absolute atomic E-state index is 10.9. The number of benzene rings is 1. The van der Waals surface area contributed by atoms with E-state index in [1.54, 1.807) is 6.07 Å². The molecule has 0 amide bonds. The summed E-state index contributed by atoms with van der Waals surface area (Å²) in [6, 6.07) is 4.55. The molecule has 1 heterocycles. The second-order valence-electron chi connectivity index (χ2n) is 4.41. The van der Waals surface area contributed by atoms with Gasteiger partial charge in [-0.15, -0.1) is 0 Å². The van der Waals surface area contributed by atoms with Gasteiger partial charge in [0, 0.05) is 24.2 Å². The van der Waals surface area contributed by atoms with Crippen LogP contribution in [-0.4, -0.2) is 24.6 Å². The van der Waals surface area contributed by atoms with E-state index in [2.05, 4.69) is 16.7 Å². The van der Waals surface area contributed by atoms with Crippen LogP contribution in [0.5, 0.6) is 0 Å². The first kappa shape index (κ1) is 13.8. The summed E-state index contributed by atoms with van der Waals surface area (Å²) in [5.74, 6) is 0. The van der Waals surface area contributed by atoms with Crippen LogP contribution in [-0.2, 0) is 0 Å². The SMILES string of the molecule is O=[N+]([O-])c1ccc(Cl)cc1NCCC1=CCNCC1. The van der Waals surface area contributed by atoms with E-state index < -0.39 is 4.92 Å². The molecule has 0 bridgehead atoms. The summed E-state index contributed by atoms with van der Waals surface area (Å²) in [4.78, 5) is 10.5. The maximum atomic E-state index is 10.9. The van der Waals surface area contributed by atoms with Crippen molar-refractivity contribution in [3.8, 4) is 0 Å². The molecule has 5 nitrogen and oxygen atoms in total. The largest absolute Gasteiger partial charge is 0.379 e. The van der Waals surface area contributed by atoms with Crippen molar-refractivity contribution in [2.75, 3.05) is 25.0 Å². The van der Waals surface area contributed by atoms with E-state index >= 15 is 0 Å². The molecular weight excluding hydrogens is 266 g/mol. The van der Waals surface area contributed by atoms with E-state index in [1.807, 2.05) is 0 Å². The van der Waals surface area contributed by atoms with Crippen LogP contribution in [0, 0.1) is 10.1 Å². The van der Waals surface area contributed by atoms with Crippen LogP contribution >= 0.6 is 11.6 Å². The van der Waals surface area contributed by atoms with Gasteiger partial charge >= 0.3 is 0 Å². The molecule has 0 spiro atoms. The van der Waals surface area contributed by atoms with Gasteiger partial charge in [0.2, 0.25) is 0 Å². The van der Waals surface area contributed by atoms with E-state index in [9.17, 15) is 10.1 Å². The van der Waals surface area contributed by atoms with Crippen molar-refractivity contribution < 1.29 is 4.92 Å². The fourth-order valence-corrected chi connectivity index (χ4v) is 2.24. The summed E-state index contributed by atoms with van der Waals surface area (Å²) < 4.78 is 0. The predicted octanol–water partition coefficient (Wildman–Crippen LogP) is 2.97. The highest BCUT2D eigenvalue weighted by atomic mass is 35.5. The Morgan fingerprint density at radius 1 is 1.47 bits per heavy atom. The average molecular weight is 282 g/mol. The summed E-state index contributed by atoms with van der Waals surface area (Å²) >= 11 is 5.87. The lowest BCUT2D eigenvalue weighted by Crippen LogP contribution is -2.21. The van der Waals surface area contributed by atoms with E-state index in [4.69, 9.17) is 11.6 Å². The molecule has 0 saturated carbocycles. The van der Waals surface area contributed by atoms with Crippen LogP contribution in [0.4, 0.5) is 11.4 Å². The van der Waals surface area contributed by atoms with Gasteiger partial charge in [-0.1, -0.05) is 23.3 Å². The van der Waals surface area contributed by atoms with E-state index in [0.29, 0.717) is 17.3 Å². The number of hydrogen-bond acceptors (Lipinski definition) is 4. The van der Waals surface area contributed by atoms with Gasteiger partial charge in [-0.05, 0) is 31.5 Å². The lowest BCUT2D eigenvalue weighted by atomic mass is 10.1. The first-order valence-electron chi connectivity index (χ1n) is 6.23. The van der Waals surface area contributed by atoms with E-state index in [0.717, 1.165) is 25.9 Å². The zero-order valence-corrected chi connectivity index (χ0v) is 11.2. The van der Waals surface area contributed by atoms with Crippen LogP contribution in [0.15, 0.2) is 29.8 Å². The molecule has 2 rings (SSSR count). The highest BCUT2D eigenvalue weighted by Crippen LogP contribution is 2.27. The standard InChI is InChI=1S/C13H16ClN3O2/c14-11-1-2-13(17(18)19)12(9-11)16-8-5-10-3-6-15-7-4-10/h1-3,9,15-16H,4-8H2. The van der Waals surface area contributed by atoms with Crippen molar-refractivity contribution in [1.82, 2.24) is 5.32 Å². The first-order valence-corrected chi connectivity index (χ1v) is 6.61. The Bertz CT molecular complexity index is 503. The monoisotopic (exact) mass is 281 g/mol. The Morgan fingerprint density at radius 2 is 2.32 bits per heavy atom. The van der Waals surface area contributed by atoms with Crippen molar-refractivity contribution in [3.63, 3.8) is 0 Å². The zero-order chi connectivity index (χ0) is 13.7. The number of nitrogens with zero attached hydrogens (tertiary/aromatic N) is 1. The van der Waals surface area contributed by atoms with Crippen LogP contribution in [0.2, 0.25) is 5.02 Å². The summed E-state index contributed by atoms with van der Waals surface area (Å²) in [6.07, 6.45) is 4.11. The fourth-order valence-electron chi connectivity index (χ4n) is 2.06. The van der Waals surface area contributed by atoms with Gasteiger partial charge in [0.1, 0.15) is 5.69 Å². The lowest BCUT2D eigenvalue weighted by Gasteiger charge is -2.14. The minimum Gasteiger partial charge on any atom is -0.379 e. The molecule has 19 heavy (non-hydrogen) atoms. The Morgan fingerprint density at radius 3 is 3.00 bits per heavy atom. The Kier molecular flexibility index (Phi) is 4.76. The highest BCUT2D eigenvalue weighted by Gasteiger charge is 2.13. The molecule has 102 valence electrons. The summed E-state index contributed by atoms with van der Waals surface area (Å²) in [5, 5.41) is 17.7. The summed E-state index contributed by atoms with van der Waals surface area (Å²) in [6.45, 7) is 2.59. The Hall–Kier alpha value is -1.59. The van der Waals surface area contributed by atoms with Crippen LogP contribution < -0.4 is 10.6 Å². The van der Waals surface area contributed by atoms with Gasteiger partial charge in [-0.3, -0.25) is 10.1 Å². The molecule has 1 aliphatic heterocycles. The van der Waals surface area contributed by atoms with Crippen LogP contribution in [0.3, 0.4) is 0 Å². The number of rotatable bonds is 5. The topological polar surface area (TPSA) is 67.2 Å². The molecule has 1 aromatic rings. The van der Waals surface area contributed by atoms with Gasteiger partial charge in [-0.25, -0.2) is 0 Å². The van der Waals surface area contributed by atoms with E-state index in [1.165, 1.54) is 17.7 Å². The second kappa shape index (κ2) is 6.54. The third-order valence-electron chi connectivity index (χ3n) is 3.07. The van der Waals surface area contributed by atoms with Gasteiger partial charge in [0.15, 0.2) is 0 Å². The zero-order valence-electron chi connectivity index (χ0n) is 10.5. The van der Waals surface area contributed by atoms with E-state index in [-0.39, 0.29) is 5.69 Å². The summed E-state index contributed by atoms with van der Waals surface area (Å²) in [7, 11) is 0. The average Bonchev–Trinajstić information content (AvgIpc) is 2.39. The number of nitrogens with one attached hydrogen (secondary N) is 2. The van der Waals surface area contributed by atoms with Crippen molar-refractivity contribution in [2.45, 2.75) is 12.8 Å². The highest BCUT2D eigenvalue weighted by molar-refractivity contribution is 6.31. The van der Waals surface area contributed by atoms with Gasteiger partial charge < -0.3 is 10.6 Å². The van der Waals surface area contributed by atoms with Crippen LogP contribution in [0.25, 0.3) is 0 Å². The molecule has 0 fully saturated rings. The van der Waals surface area contributed by atoms with Gasteiger partial charge in [0.05, 0.1) is 4.92 Å². The first-order chi connectivity index (χ1) is 9.16. The van der Waals surface area contributed by atoms with Crippen molar-refractivity contribution in [2.24, 2.45) is 0 Å². The molecule has 0 aliphatic carbocycles. The fraction of sp³-hybridized carbons (Fsp3) is 0.385. The number of nitro groups is 1. The predicted molar refractivity (Wildman–Crippen MR) is 76.8 cm³/mol. The lowest BCUT2D eigenvalue weighted by molar-refractivity contribution is -0.384. The number of hydrogen-bond donors (Lipinski definition) is 2. The van der Waals surface area contributed by atoms with Crippen molar-refractivity contribution >= 4 is 23.0 Å². The normalized spacial score (nSPS) is 14.9. The smallest absolute Gasteiger partial charge is 0.292 e. The van der Waals surface area contributed by atoms with Crippen molar-refractivity contribution in [1.29, 1.82) is 0 Å². The maximum Gasteiger partial charge on any atom is 0.292 e. The third kappa shape index (κ3) is 3.94. The molecule has 0 atom stereocenters. The molecule has 1 aliphatic rings. The van der Waals surface area contributed by atoms with Gasteiger partial charge in [0.25, 0.3) is 5.69 Å². The summed E-state index contributed by atoms with van der Waals surface area (Å²) in [5.41, 5.74) is 1.92. The molecule has 0 radical (unpaired) electrons. The molecule has 2 N–H and O–H groups in total. The molecule has 6 heteroatoms. The third-order valence-corrected chi connectivity index (χ3v) is 3.31. The second-order valence-corrected chi connectivity index (χ2v) is 4.85. The molecule has 1 aromatic carbocycles. The Balaban J connectivity index is 1.96. The molecular formula is C13H16ClN3O2. The minimum atomic E-state index is -0.400. The Labute approximate surface area is 116 Å². The number of nitro benzene ring substituents is 1. The number of halogens is 1. The molecule has 0 aromatic heterocycles. The van der Waals surface area contributed by atoms with Gasteiger partial charge in [-0.2, -0.15) is 0 Å².